The normalized spacial score (nSPS) is 28.6. The van der Waals surface area contributed by atoms with E-state index in [1.165, 1.54) is 48.4 Å². The number of hydrogen-bond acceptors (Lipinski definition) is 5. The van der Waals surface area contributed by atoms with E-state index in [4.69, 9.17) is 9.72 Å². The molecule has 0 radical (unpaired) electrons. The average molecular weight is 370 g/mol. The number of thiazole rings is 1. The quantitative estimate of drug-likeness (QED) is 0.888. The second-order valence-electron chi connectivity index (χ2n) is 7.93. The molecule has 0 spiro atoms. The highest BCUT2D eigenvalue weighted by Crippen LogP contribution is 2.35. The maximum absolute atomic E-state index is 6.19. The lowest BCUT2D eigenvalue weighted by molar-refractivity contribution is 0.0141. The molecule has 1 aromatic carbocycles. The van der Waals surface area contributed by atoms with Crippen molar-refractivity contribution < 1.29 is 4.74 Å². The van der Waals surface area contributed by atoms with Crippen LogP contribution in [0.15, 0.2) is 24.3 Å². The number of aromatic nitrogens is 1. The van der Waals surface area contributed by atoms with Crippen molar-refractivity contribution in [3.8, 4) is 16.3 Å². The molecule has 1 saturated heterocycles. The van der Waals surface area contributed by atoms with E-state index in [-0.39, 0.29) is 0 Å². The minimum absolute atomic E-state index is 0.386. The Labute approximate surface area is 159 Å². The molecule has 5 rings (SSSR count). The van der Waals surface area contributed by atoms with Crippen LogP contribution in [0.5, 0.6) is 5.75 Å². The van der Waals surface area contributed by atoms with Gasteiger partial charge in [0.15, 0.2) is 0 Å². The molecular formula is C21H27N3OS. The van der Waals surface area contributed by atoms with E-state index >= 15 is 0 Å². The molecular weight excluding hydrogens is 342 g/mol. The van der Waals surface area contributed by atoms with Crippen molar-refractivity contribution in [2.75, 3.05) is 13.1 Å². The smallest absolute Gasteiger partial charge is 0.123 e. The van der Waals surface area contributed by atoms with E-state index in [1.54, 1.807) is 0 Å². The van der Waals surface area contributed by atoms with Crippen LogP contribution in [-0.2, 0) is 13.0 Å². The van der Waals surface area contributed by atoms with Gasteiger partial charge in [-0.25, -0.2) is 4.98 Å². The number of rotatable bonds is 4. The van der Waals surface area contributed by atoms with Crippen LogP contribution in [0, 0.1) is 0 Å². The molecule has 2 aliphatic heterocycles. The van der Waals surface area contributed by atoms with Gasteiger partial charge in [-0.05, 0) is 50.6 Å². The third-order valence-corrected chi connectivity index (χ3v) is 7.30. The summed E-state index contributed by atoms with van der Waals surface area (Å²) in [5.74, 6) is 0.995. The minimum Gasteiger partial charge on any atom is -0.490 e. The van der Waals surface area contributed by atoms with E-state index in [0.29, 0.717) is 6.10 Å². The van der Waals surface area contributed by atoms with Gasteiger partial charge in [-0.1, -0.05) is 0 Å². The zero-order chi connectivity index (χ0) is 17.5. The Bertz CT molecular complexity index is 743. The summed E-state index contributed by atoms with van der Waals surface area (Å²) in [6, 6.07) is 10.0. The van der Waals surface area contributed by atoms with Gasteiger partial charge >= 0.3 is 0 Å². The Balaban J connectivity index is 1.19. The summed E-state index contributed by atoms with van der Waals surface area (Å²) in [5.41, 5.74) is 2.48. The van der Waals surface area contributed by atoms with Crippen molar-refractivity contribution in [2.24, 2.45) is 0 Å². The largest absolute Gasteiger partial charge is 0.490 e. The first-order valence-corrected chi connectivity index (χ1v) is 10.8. The van der Waals surface area contributed by atoms with Crippen LogP contribution >= 0.6 is 11.3 Å². The van der Waals surface area contributed by atoms with Gasteiger partial charge in [0.05, 0.1) is 5.69 Å². The van der Waals surface area contributed by atoms with Crippen molar-refractivity contribution in [1.82, 2.24) is 15.2 Å². The molecule has 26 heavy (non-hydrogen) atoms. The number of benzene rings is 1. The molecule has 3 heterocycles. The first-order chi connectivity index (χ1) is 12.8. The minimum atomic E-state index is 0.386. The molecule has 1 saturated carbocycles. The molecule has 0 amide bonds. The molecule has 138 valence electrons. The summed E-state index contributed by atoms with van der Waals surface area (Å²) in [7, 11) is 0. The Morgan fingerprint density at radius 3 is 2.81 bits per heavy atom. The standard InChI is InChI=1S/C21H27N3OS/c1-14-3-2-10-24(14)16-11-18(12-16)25-17-6-4-15(5-7-17)21-23-19-8-9-22-13-20(19)26-21/h4-7,14,16,18,22H,2-3,8-13H2,1H3/t14?,16-,18-. The Kier molecular flexibility index (Phi) is 4.47. The molecule has 2 fully saturated rings. The summed E-state index contributed by atoms with van der Waals surface area (Å²) in [4.78, 5) is 8.91. The van der Waals surface area contributed by atoms with Gasteiger partial charge in [0.2, 0.25) is 0 Å². The average Bonchev–Trinajstić information content (AvgIpc) is 3.24. The summed E-state index contributed by atoms with van der Waals surface area (Å²) in [5, 5.41) is 4.56. The molecule has 0 bridgehead atoms. The number of ether oxygens (including phenoxy) is 1. The van der Waals surface area contributed by atoms with Crippen LogP contribution in [0.2, 0.25) is 0 Å². The van der Waals surface area contributed by atoms with Crippen molar-refractivity contribution in [1.29, 1.82) is 0 Å². The van der Waals surface area contributed by atoms with Crippen molar-refractivity contribution in [3.63, 3.8) is 0 Å². The van der Waals surface area contributed by atoms with Gasteiger partial charge in [0, 0.05) is 54.9 Å². The lowest BCUT2D eigenvalue weighted by Crippen LogP contribution is -2.50. The fourth-order valence-electron chi connectivity index (χ4n) is 4.52. The number of nitrogens with one attached hydrogen (secondary N) is 1. The Morgan fingerprint density at radius 1 is 1.23 bits per heavy atom. The molecule has 1 aliphatic carbocycles. The molecule has 2 aromatic rings. The summed E-state index contributed by atoms with van der Waals surface area (Å²) in [6.07, 6.45) is 6.51. The fraction of sp³-hybridized carbons (Fsp3) is 0.571. The molecule has 1 atom stereocenters. The number of nitrogens with zero attached hydrogens (tertiary/aromatic N) is 2. The molecule has 1 aromatic heterocycles. The summed E-state index contributed by atoms with van der Waals surface area (Å²) in [6.45, 7) is 5.65. The molecule has 3 aliphatic rings. The van der Waals surface area contributed by atoms with Crippen LogP contribution in [-0.4, -0.2) is 41.2 Å². The highest BCUT2D eigenvalue weighted by molar-refractivity contribution is 7.15. The van der Waals surface area contributed by atoms with Gasteiger partial charge in [-0.2, -0.15) is 0 Å². The zero-order valence-corrected chi connectivity index (χ0v) is 16.2. The predicted octanol–water partition coefficient (Wildman–Crippen LogP) is 3.85. The monoisotopic (exact) mass is 369 g/mol. The van der Waals surface area contributed by atoms with E-state index in [9.17, 15) is 0 Å². The lowest BCUT2D eigenvalue weighted by Gasteiger charge is -2.42. The lowest BCUT2D eigenvalue weighted by atomic mass is 9.87. The molecule has 1 N–H and O–H groups in total. The molecule has 4 nitrogen and oxygen atoms in total. The van der Waals surface area contributed by atoms with Gasteiger partial charge in [0.1, 0.15) is 16.9 Å². The fourth-order valence-corrected chi connectivity index (χ4v) is 5.60. The van der Waals surface area contributed by atoms with Crippen LogP contribution in [0.25, 0.3) is 10.6 Å². The molecule has 1 unspecified atom stereocenters. The second-order valence-corrected chi connectivity index (χ2v) is 9.02. The SMILES string of the molecule is CC1CCCN1[C@H]1C[C@H](Oc2ccc(-c3nc4c(s3)CNCC4)cc2)C1. The van der Waals surface area contributed by atoms with E-state index in [2.05, 4.69) is 41.4 Å². The number of fused-ring (bicyclic) bond motifs is 1. The number of hydrogen-bond donors (Lipinski definition) is 1. The van der Waals surface area contributed by atoms with Gasteiger partial charge < -0.3 is 10.1 Å². The third-order valence-electron chi connectivity index (χ3n) is 6.15. The van der Waals surface area contributed by atoms with E-state index in [1.807, 2.05) is 11.3 Å². The zero-order valence-electron chi connectivity index (χ0n) is 15.4. The van der Waals surface area contributed by atoms with Crippen LogP contribution in [0.4, 0.5) is 0 Å². The van der Waals surface area contributed by atoms with E-state index < -0.39 is 0 Å². The highest BCUT2D eigenvalue weighted by Gasteiger charge is 2.38. The topological polar surface area (TPSA) is 37.4 Å². The predicted molar refractivity (Wildman–Crippen MR) is 106 cm³/mol. The van der Waals surface area contributed by atoms with Crippen molar-refractivity contribution >= 4 is 11.3 Å². The summed E-state index contributed by atoms with van der Waals surface area (Å²) < 4.78 is 6.19. The van der Waals surface area contributed by atoms with Crippen molar-refractivity contribution in [3.05, 3.63) is 34.8 Å². The Morgan fingerprint density at radius 2 is 2.08 bits per heavy atom. The van der Waals surface area contributed by atoms with Crippen molar-refractivity contribution in [2.45, 2.75) is 63.8 Å². The second kappa shape index (κ2) is 6.95. The first-order valence-electron chi connectivity index (χ1n) is 9.98. The maximum atomic E-state index is 6.19. The van der Waals surface area contributed by atoms with Crippen LogP contribution < -0.4 is 10.1 Å². The highest BCUT2D eigenvalue weighted by atomic mass is 32.1. The summed E-state index contributed by atoms with van der Waals surface area (Å²) >= 11 is 1.82. The Hall–Kier alpha value is -1.43. The van der Waals surface area contributed by atoms with Crippen LogP contribution in [0.1, 0.15) is 43.2 Å². The maximum Gasteiger partial charge on any atom is 0.123 e. The third kappa shape index (κ3) is 3.17. The van der Waals surface area contributed by atoms with Gasteiger partial charge in [-0.15, -0.1) is 11.3 Å². The first kappa shape index (κ1) is 16.7. The van der Waals surface area contributed by atoms with Gasteiger partial charge in [0.25, 0.3) is 0 Å². The van der Waals surface area contributed by atoms with Crippen LogP contribution in [0.3, 0.4) is 0 Å². The van der Waals surface area contributed by atoms with Gasteiger partial charge in [-0.3, -0.25) is 4.90 Å². The number of likely N-dealkylation sites (tertiary alicyclic amines) is 1. The molecule has 5 heteroatoms. The van der Waals surface area contributed by atoms with E-state index in [0.717, 1.165) is 42.4 Å².